The molecule has 0 spiro atoms. The van der Waals surface area contributed by atoms with Crippen LogP contribution in [0.4, 0.5) is 13.2 Å². The average molecular weight is 462 g/mol. The zero-order chi connectivity index (χ0) is 23.7. The van der Waals surface area contributed by atoms with Gasteiger partial charge in [0.25, 0.3) is 0 Å². The molecule has 7 nitrogen and oxygen atoms in total. The van der Waals surface area contributed by atoms with Crippen molar-refractivity contribution in [3.8, 4) is 0 Å². The predicted molar refractivity (Wildman–Crippen MR) is 113 cm³/mol. The van der Waals surface area contributed by atoms with Crippen LogP contribution >= 0.6 is 0 Å². The Labute approximate surface area is 187 Å². The van der Waals surface area contributed by atoms with Crippen LogP contribution in [0.5, 0.6) is 0 Å². The van der Waals surface area contributed by atoms with Crippen molar-refractivity contribution in [2.24, 2.45) is 11.8 Å². The second-order valence-electron chi connectivity index (χ2n) is 8.79. The number of hydrogen-bond acceptors (Lipinski definition) is 4. The molecule has 1 atom stereocenters. The quantitative estimate of drug-likeness (QED) is 0.631. The molecule has 0 radical (unpaired) electrons. The fourth-order valence-corrected chi connectivity index (χ4v) is 4.18. The van der Waals surface area contributed by atoms with Crippen LogP contribution in [0.15, 0.2) is 18.3 Å². The molecule has 1 fully saturated rings. The number of carbonyl (C=O) groups excluding carboxylic acids is 1. The van der Waals surface area contributed by atoms with Crippen molar-refractivity contribution in [1.29, 1.82) is 0 Å². The number of fused-ring (bicyclic) bond motifs is 1. The molecule has 0 saturated heterocycles. The number of aliphatic carboxylic acids is 1. The summed E-state index contributed by atoms with van der Waals surface area (Å²) in [5.74, 6) is -1.25. The number of alkyl halides is 3. The highest BCUT2D eigenvalue weighted by Crippen LogP contribution is 2.28. The number of ether oxygens (including phenoxy) is 1. The lowest BCUT2D eigenvalue weighted by Crippen LogP contribution is -2.32. The number of likely N-dealkylation sites (N-methyl/N-ethyl adjacent to an activating group) is 1. The summed E-state index contributed by atoms with van der Waals surface area (Å²) in [6, 6.07) is 4.42. The highest BCUT2D eigenvalue weighted by molar-refractivity contribution is 5.76. The molecule has 1 aliphatic heterocycles. The molecule has 1 amide bonds. The summed E-state index contributed by atoms with van der Waals surface area (Å²) in [6.07, 6.45) is 3.76. The van der Waals surface area contributed by atoms with Crippen molar-refractivity contribution in [1.82, 2.24) is 14.4 Å². The molecule has 0 bridgehead atoms. The standard InChI is InChI=1S/C20H33N3O2.C2HF3O2/c1-21(2)20(24)16-25-11-9-18-13-22(12-17-6-3-4-7-17)15-19-8-5-10-23(19)14-18;3-2(4,5)1(6)7/h5,8,10,17-18H,3-4,6-7,9,11-16H2,1-2H3;(H,6,7). The third kappa shape index (κ3) is 8.82. The Hall–Kier alpha value is -2.07. The van der Waals surface area contributed by atoms with Gasteiger partial charge >= 0.3 is 12.1 Å². The largest absolute Gasteiger partial charge is 0.490 e. The third-order valence-electron chi connectivity index (χ3n) is 5.91. The van der Waals surface area contributed by atoms with Gasteiger partial charge in [-0.2, -0.15) is 13.2 Å². The lowest BCUT2D eigenvalue weighted by Gasteiger charge is -2.26. The molecule has 1 aliphatic carbocycles. The van der Waals surface area contributed by atoms with E-state index in [1.165, 1.54) is 37.9 Å². The van der Waals surface area contributed by atoms with Gasteiger partial charge in [0.1, 0.15) is 6.61 Å². The fourth-order valence-electron chi connectivity index (χ4n) is 4.18. The summed E-state index contributed by atoms with van der Waals surface area (Å²) in [5, 5.41) is 7.12. The molecule has 1 aromatic heterocycles. The average Bonchev–Trinajstić information content (AvgIpc) is 3.34. The first-order chi connectivity index (χ1) is 15.1. The molecule has 182 valence electrons. The summed E-state index contributed by atoms with van der Waals surface area (Å²) in [7, 11) is 3.54. The first kappa shape index (κ1) is 26.2. The van der Waals surface area contributed by atoms with Gasteiger partial charge in [0.2, 0.25) is 5.91 Å². The normalized spacial score (nSPS) is 19.6. The van der Waals surface area contributed by atoms with Crippen LogP contribution in [0, 0.1) is 11.8 Å². The fraction of sp³-hybridized carbons (Fsp3) is 0.727. The molecule has 10 heteroatoms. The molecule has 1 N–H and O–H groups in total. The van der Waals surface area contributed by atoms with E-state index in [0.29, 0.717) is 12.5 Å². The van der Waals surface area contributed by atoms with Crippen LogP contribution in [0.1, 0.15) is 37.8 Å². The summed E-state index contributed by atoms with van der Waals surface area (Å²) in [4.78, 5) is 24.7. The maximum atomic E-state index is 11.6. The van der Waals surface area contributed by atoms with Crippen LogP contribution < -0.4 is 0 Å². The van der Waals surface area contributed by atoms with Gasteiger partial charge in [-0.15, -0.1) is 0 Å². The maximum Gasteiger partial charge on any atom is 0.490 e. The molecule has 0 aromatic carbocycles. The van der Waals surface area contributed by atoms with E-state index >= 15 is 0 Å². The minimum absolute atomic E-state index is 0.0384. The van der Waals surface area contributed by atoms with Gasteiger partial charge in [0.05, 0.1) is 0 Å². The van der Waals surface area contributed by atoms with Crippen LogP contribution in [0.2, 0.25) is 0 Å². The number of rotatable bonds is 7. The number of hydrogen-bond donors (Lipinski definition) is 1. The summed E-state index contributed by atoms with van der Waals surface area (Å²) >= 11 is 0. The van der Waals surface area contributed by atoms with Crippen molar-refractivity contribution in [3.05, 3.63) is 24.0 Å². The second-order valence-corrected chi connectivity index (χ2v) is 8.79. The number of aromatic nitrogens is 1. The zero-order valence-electron chi connectivity index (χ0n) is 18.8. The topological polar surface area (TPSA) is 75.0 Å². The Kier molecular flexibility index (Phi) is 10.0. The van der Waals surface area contributed by atoms with E-state index in [1.54, 1.807) is 19.0 Å². The van der Waals surface area contributed by atoms with Gasteiger partial charge in [0.15, 0.2) is 0 Å². The van der Waals surface area contributed by atoms with E-state index in [-0.39, 0.29) is 12.5 Å². The lowest BCUT2D eigenvalue weighted by molar-refractivity contribution is -0.192. The van der Waals surface area contributed by atoms with Crippen LogP contribution in [0.3, 0.4) is 0 Å². The Morgan fingerprint density at radius 3 is 2.44 bits per heavy atom. The van der Waals surface area contributed by atoms with Gasteiger partial charge in [-0.05, 0) is 43.2 Å². The number of halogens is 3. The minimum Gasteiger partial charge on any atom is -0.475 e. The van der Waals surface area contributed by atoms with Gasteiger partial charge in [-0.3, -0.25) is 9.69 Å². The van der Waals surface area contributed by atoms with Crippen LogP contribution in [-0.4, -0.2) is 77.9 Å². The molecule has 1 unspecified atom stereocenters. The van der Waals surface area contributed by atoms with Gasteiger partial charge < -0.3 is 19.3 Å². The second kappa shape index (κ2) is 12.2. The summed E-state index contributed by atoms with van der Waals surface area (Å²) < 4.78 is 39.8. The first-order valence-corrected chi connectivity index (χ1v) is 11.0. The molecular weight excluding hydrogens is 427 g/mol. The molecule has 32 heavy (non-hydrogen) atoms. The van der Waals surface area contributed by atoms with Crippen molar-refractivity contribution < 1.29 is 32.6 Å². The van der Waals surface area contributed by atoms with E-state index < -0.39 is 12.1 Å². The lowest BCUT2D eigenvalue weighted by atomic mass is 10.0. The third-order valence-corrected chi connectivity index (χ3v) is 5.91. The Morgan fingerprint density at radius 2 is 1.84 bits per heavy atom. The van der Waals surface area contributed by atoms with E-state index in [0.717, 1.165) is 32.0 Å². The van der Waals surface area contributed by atoms with E-state index in [1.807, 2.05) is 0 Å². The highest BCUT2D eigenvalue weighted by Gasteiger charge is 2.38. The van der Waals surface area contributed by atoms with Crippen molar-refractivity contribution >= 4 is 11.9 Å². The maximum absolute atomic E-state index is 11.6. The number of carboxylic acids is 1. The van der Waals surface area contributed by atoms with Gasteiger partial charge in [-0.1, -0.05) is 12.8 Å². The van der Waals surface area contributed by atoms with Crippen molar-refractivity contribution in [2.45, 2.75) is 51.4 Å². The summed E-state index contributed by atoms with van der Waals surface area (Å²) in [5.41, 5.74) is 1.43. The molecule has 2 heterocycles. The SMILES string of the molecule is CN(C)C(=O)COCCC1CN(CC2CCCC2)Cc2cccn2C1.O=C(O)C(F)(F)F. The van der Waals surface area contributed by atoms with Gasteiger partial charge in [-0.25, -0.2) is 4.79 Å². The van der Waals surface area contributed by atoms with Crippen LogP contribution in [-0.2, 0) is 27.4 Å². The molecule has 1 aromatic rings. The van der Waals surface area contributed by atoms with E-state index in [9.17, 15) is 18.0 Å². The minimum atomic E-state index is -5.08. The zero-order valence-corrected chi connectivity index (χ0v) is 18.8. The first-order valence-electron chi connectivity index (χ1n) is 11.0. The number of carbonyl (C=O) groups is 2. The molecular formula is C22H34F3N3O4. The monoisotopic (exact) mass is 461 g/mol. The van der Waals surface area contributed by atoms with Gasteiger partial charge in [0, 0.05) is 58.8 Å². The molecule has 2 aliphatic rings. The Balaban J connectivity index is 0.000000451. The molecule has 1 saturated carbocycles. The van der Waals surface area contributed by atoms with E-state index in [2.05, 4.69) is 27.8 Å². The van der Waals surface area contributed by atoms with Crippen LogP contribution in [0.25, 0.3) is 0 Å². The van der Waals surface area contributed by atoms with E-state index in [4.69, 9.17) is 14.6 Å². The predicted octanol–water partition coefficient (Wildman–Crippen LogP) is 3.24. The number of nitrogens with zero attached hydrogens (tertiary/aromatic N) is 3. The summed E-state index contributed by atoms with van der Waals surface area (Å²) in [6.45, 7) is 5.37. The number of carboxylic acid groups (broad SMARTS) is 1. The number of amides is 1. The highest BCUT2D eigenvalue weighted by atomic mass is 19.4. The van der Waals surface area contributed by atoms with Crippen molar-refractivity contribution in [3.63, 3.8) is 0 Å². The van der Waals surface area contributed by atoms with Crippen molar-refractivity contribution in [2.75, 3.05) is 40.4 Å². The molecule has 3 rings (SSSR count). The smallest absolute Gasteiger partial charge is 0.475 e. The Morgan fingerprint density at radius 1 is 1.19 bits per heavy atom. The Bertz CT molecular complexity index is 730.